The molecule has 0 aliphatic carbocycles. The zero-order valence-electron chi connectivity index (χ0n) is 11.1. The molecule has 0 saturated heterocycles. The summed E-state index contributed by atoms with van der Waals surface area (Å²) >= 11 is 0. The molecule has 0 spiro atoms. The van der Waals surface area contributed by atoms with Crippen LogP contribution in [0.15, 0.2) is 35.1 Å². The molecule has 2 aromatic heterocycles. The van der Waals surface area contributed by atoms with Crippen LogP contribution in [0.4, 0.5) is 0 Å². The molecule has 0 aliphatic rings. The van der Waals surface area contributed by atoms with Crippen LogP contribution >= 0.6 is 0 Å². The largest absolute Gasteiger partial charge is 0.441 e. The lowest BCUT2D eigenvalue weighted by atomic mass is 10.1. The maximum atomic E-state index is 5.54. The average molecular weight is 256 g/mol. The molecule has 0 aliphatic heterocycles. The van der Waals surface area contributed by atoms with Crippen LogP contribution in [0, 0.1) is 0 Å². The summed E-state index contributed by atoms with van der Waals surface area (Å²) in [6.45, 7) is 3.65. The van der Waals surface area contributed by atoms with Crippen molar-refractivity contribution >= 4 is 10.9 Å². The van der Waals surface area contributed by atoms with Gasteiger partial charge in [0.1, 0.15) is 11.4 Å². The number of para-hydroxylation sites is 1. The minimum Gasteiger partial charge on any atom is -0.441 e. The highest BCUT2D eigenvalue weighted by atomic mass is 16.3. The van der Waals surface area contributed by atoms with Gasteiger partial charge in [-0.3, -0.25) is 4.68 Å². The van der Waals surface area contributed by atoms with Crippen molar-refractivity contribution in [3.05, 3.63) is 36.4 Å². The van der Waals surface area contributed by atoms with E-state index in [2.05, 4.69) is 28.4 Å². The van der Waals surface area contributed by atoms with E-state index in [1.807, 2.05) is 29.9 Å². The van der Waals surface area contributed by atoms with E-state index in [9.17, 15) is 0 Å². The Bertz CT molecular complexity index is 698. The second kappa shape index (κ2) is 4.85. The number of nitrogens with one attached hydrogen (secondary N) is 1. The Morgan fingerprint density at radius 2 is 2.16 bits per heavy atom. The van der Waals surface area contributed by atoms with Crippen molar-refractivity contribution in [2.75, 3.05) is 6.54 Å². The molecule has 1 aromatic carbocycles. The Morgan fingerprint density at radius 1 is 1.32 bits per heavy atom. The molecule has 0 unspecified atom stereocenters. The highest BCUT2D eigenvalue weighted by Gasteiger charge is 2.17. The van der Waals surface area contributed by atoms with E-state index in [1.54, 1.807) is 0 Å². The molecule has 3 aromatic rings. The topological polar surface area (TPSA) is 55.9 Å². The van der Waals surface area contributed by atoms with Gasteiger partial charge >= 0.3 is 0 Å². The van der Waals surface area contributed by atoms with Crippen LogP contribution in [-0.2, 0) is 13.6 Å². The smallest absolute Gasteiger partial charge is 0.181 e. The number of aromatic nitrogens is 3. The molecule has 5 heteroatoms. The Kier molecular flexibility index (Phi) is 3.05. The summed E-state index contributed by atoms with van der Waals surface area (Å²) < 4.78 is 7.41. The number of fused-ring (bicyclic) bond motifs is 1. The maximum absolute atomic E-state index is 5.54. The van der Waals surface area contributed by atoms with Gasteiger partial charge in [0.15, 0.2) is 12.2 Å². The first-order chi connectivity index (χ1) is 9.31. The lowest BCUT2D eigenvalue weighted by Crippen LogP contribution is -2.12. The lowest BCUT2D eigenvalue weighted by Gasteiger charge is -1.99. The molecule has 2 heterocycles. The lowest BCUT2D eigenvalue weighted by molar-refractivity contribution is 0.566. The first kappa shape index (κ1) is 11.9. The van der Waals surface area contributed by atoms with Gasteiger partial charge in [-0.1, -0.05) is 25.1 Å². The van der Waals surface area contributed by atoms with Gasteiger partial charge in [0.05, 0.1) is 5.52 Å². The molecule has 3 rings (SSSR count). The van der Waals surface area contributed by atoms with Gasteiger partial charge in [0.2, 0.25) is 0 Å². The molecule has 98 valence electrons. The summed E-state index contributed by atoms with van der Waals surface area (Å²) in [7, 11) is 1.94. The van der Waals surface area contributed by atoms with Crippen molar-refractivity contribution in [2.24, 2.45) is 7.05 Å². The Hall–Kier alpha value is -2.14. The van der Waals surface area contributed by atoms with Crippen LogP contribution in [0.25, 0.3) is 22.4 Å². The zero-order chi connectivity index (χ0) is 13.2. The molecule has 0 radical (unpaired) electrons. The van der Waals surface area contributed by atoms with E-state index in [1.165, 1.54) is 6.39 Å². The summed E-state index contributed by atoms with van der Waals surface area (Å²) in [5, 5.41) is 8.90. The highest BCUT2D eigenvalue weighted by molar-refractivity contribution is 5.92. The van der Waals surface area contributed by atoms with Crippen molar-refractivity contribution in [3.63, 3.8) is 0 Å². The second-order valence-electron chi connectivity index (χ2n) is 4.40. The zero-order valence-corrected chi connectivity index (χ0v) is 11.1. The van der Waals surface area contributed by atoms with E-state index in [-0.39, 0.29) is 0 Å². The average Bonchev–Trinajstić information content (AvgIpc) is 3.02. The van der Waals surface area contributed by atoms with Crippen LogP contribution in [0.3, 0.4) is 0 Å². The quantitative estimate of drug-likeness (QED) is 0.778. The second-order valence-corrected chi connectivity index (χ2v) is 4.40. The fraction of sp³-hybridized carbons (Fsp3) is 0.286. The van der Waals surface area contributed by atoms with Crippen LogP contribution < -0.4 is 5.32 Å². The van der Waals surface area contributed by atoms with Crippen molar-refractivity contribution in [2.45, 2.75) is 13.5 Å². The molecule has 19 heavy (non-hydrogen) atoms. The maximum Gasteiger partial charge on any atom is 0.181 e. The van der Waals surface area contributed by atoms with E-state index in [0.717, 1.165) is 34.6 Å². The fourth-order valence-corrected chi connectivity index (χ4v) is 2.21. The van der Waals surface area contributed by atoms with Gasteiger partial charge in [-0.15, -0.1) is 0 Å². The molecule has 5 nitrogen and oxygen atoms in total. The molecule has 0 atom stereocenters. The van der Waals surface area contributed by atoms with E-state index >= 15 is 0 Å². The summed E-state index contributed by atoms with van der Waals surface area (Å²) in [5.74, 6) is 0.748. The molecule has 1 N–H and O–H groups in total. The van der Waals surface area contributed by atoms with E-state index in [4.69, 9.17) is 4.42 Å². The van der Waals surface area contributed by atoms with Crippen molar-refractivity contribution in [3.8, 4) is 11.5 Å². The van der Waals surface area contributed by atoms with E-state index < -0.39 is 0 Å². The summed E-state index contributed by atoms with van der Waals surface area (Å²) in [6, 6.07) is 8.12. The van der Waals surface area contributed by atoms with Crippen molar-refractivity contribution in [1.29, 1.82) is 0 Å². The van der Waals surface area contributed by atoms with Crippen LogP contribution in [0.2, 0.25) is 0 Å². The molecule has 0 fully saturated rings. The van der Waals surface area contributed by atoms with Crippen LogP contribution in [0.5, 0.6) is 0 Å². The minimum atomic E-state index is 0.688. The monoisotopic (exact) mass is 256 g/mol. The first-order valence-corrected chi connectivity index (χ1v) is 6.36. The Morgan fingerprint density at radius 3 is 3.00 bits per heavy atom. The third kappa shape index (κ3) is 2.02. The van der Waals surface area contributed by atoms with Gasteiger partial charge in [-0.05, 0) is 12.6 Å². The number of hydrogen-bond donors (Lipinski definition) is 1. The van der Waals surface area contributed by atoms with E-state index in [0.29, 0.717) is 6.54 Å². The van der Waals surface area contributed by atoms with Crippen LogP contribution in [-0.4, -0.2) is 21.3 Å². The molecule has 0 saturated carbocycles. The number of benzene rings is 1. The molecule has 0 bridgehead atoms. The number of nitrogens with zero attached hydrogens (tertiary/aromatic N) is 3. The summed E-state index contributed by atoms with van der Waals surface area (Å²) in [6.07, 6.45) is 1.48. The third-order valence-corrected chi connectivity index (χ3v) is 3.16. The van der Waals surface area contributed by atoms with Crippen molar-refractivity contribution < 1.29 is 4.42 Å². The number of hydrogen-bond acceptors (Lipinski definition) is 4. The highest BCUT2D eigenvalue weighted by Crippen LogP contribution is 2.29. The SMILES string of the molecule is CCNCc1ncoc1-c1nn(C)c2ccccc12. The standard InChI is InChI=1S/C14H16N4O/c1-3-15-8-11-14(19-9-16-11)13-10-6-4-5-7-12(10)18(2)17-13/h4-7,9,15H,3,8H2,1-2H3. The summed E-state index contributed by atoms with van der Waals surface area (Å²) in [5.41, 5.74) is 2.83. The summed E-state index contributed by atoms with van der Waals surface area (Å²) in [4.78, 5) is 4.27. The van der Waals surface area contributed by atoms with Crippen LogP contribution in [0.1, 0.15) is 12.6 Å². The van der Waals surface area contributed by atoms with Gasteiger partial charge in [0, 0.05) is 19.0 Å². The number of rotatable bonds is 4. The normalized spacial score (nSPS) is 11.3. The Balaban J connectivity index is 2.12. The van der Waals surface area contributed by atoms with Crippen molar-refractivity contribution in [1.82, 2.24) is 20.1 Å². The van der Waals surface area contributed by atoms with Gasteiger partial charge in [0.25, 0.3) is 0 Å². The van der Waals surface area contributed by atoms with Gasteiger partial charge < -0.3 is 9.73 Å². The number of oxazole rings is 1. The minimum absolute atomic E-state index is 0.688. The first-order valence-electron chi connectivity index (χ1n) is 6.36. The number of aryl methyl sites for hydroxylation is 1. The van der Waals surface area contributed by atoms with Gasteiger partial charge in [-0.2, -0.15) is 5.10 Å². The van der Waals surface area contributed by atoms with Gasteiger partial charge in [-0.25, -0.2) is 4.98 Å². The third-order valence-electron chi connectivity index (χ3n) is 3.16. The predicted octanol–water partition coefficient (Wildman–Crippen LogP) is 2.34. The Labute approximate surface area is 111 Å². The molecular formula is C14H16N4O. The fourth-order valence-electron chi connectivity index (χ4n) is 2.21. The molecular weight excluding hydrogens is 240 g/mol. The predicted molar refractivity (Wildman–Crippen MR) is 73.6 cm³/mol. The molecule has 0 amide bonds.